The first-order valence-corrected chi connectivity index (χ1v) is 10.2. The monoisotopic (exact) mass is 354 g/mol. The highest BCUT2D eigenvalue weighted by Gasteiger charge is 2.62. The largest absolute Gasteiger partial charge is 0.462 e. The van der Waals surface area contributed by atoms with Crippen LogP contribution < -0.4 is 0 Å². The fourth-order valence-corrected chi connectivity index (χ4v) is 7.52. The molecule has 0 amide bonds. The molecule has 0 saturated heterocycles. The first-order chi connectivity index (χ1) is 11.7. The van der Waals surface area contributed by atoms with Gasteiger partial charge >= 0.3 is 5.97 Å². The maximum atomic E-state index is 14.0. The summed E-state index contributed by atoms with van der Waals surface area (Å²) in [4.78, 5) is 11.5. The third-order valence-electron chi connectivity index (χ3n) is 8.86. The van der Waals surface area contributed by atoms with Gasteiger partial charge in [-0.25, -0.2) is 8.78 Å². The minimum Gasteiger partial charge on any atom is -0.462 e. The summed E-state index contributed by atoms with van der Waals surface area (Å²) in [7, 11) is 0. The molecule has 4 fully saturated rings. The number of carbonyl (C=O) groups is 1. The molecule has 4 rings (SSSR count). The molecule has 0 aliphatic heterocycles. The second-order valence-electron chi connectivity index (χ2n) is 9.94. The lowest BCUT2D eigenvalue weighted by Crippen LogP contribution is -2.55. The van der Waals surface area contributed by atoms with Crippen LogP contribution in [0.3, 0.4) is 0 Å². The predicted molar refractivity (Wildman–Crippen MR) is 92.2 cm³/mol. The maximum absolute atomic E-state index is 14.0. The van der Waals surface area contributed by atoms with Crippen molar-refractivity contribution in [2.75, 3.05) is 0 Å². The van der Waals surface area contributed by atoms with E-state index in [-0.39, 0.29) is 41.7 Å². The topological polar surface area (TPSA) is 26.3 Å². The van der Waals surface area contributed by atoms with Crippen molar-refractivity contribution in [2.45, 2.75) is 90.6 Å². The summed E-state index contributed by atoms with van der Waals surface area (Å²) in [6.45, 7) is 6.14. The van der Waals surface area contributed by atoms with Crippen LogP contribution >= 0.6 is 0 Å². The summed E-state index contributed by atoms with van der Waals surface area (Å²) in [5.74, 6) is -0.625. The van der Waals surface area contributed by atoms with E-state index >= 15 is 0 Å². The van der Waals surface area contributed by atoms with Gasteiger partial charge in [0, 0.05) is 25.2 Å². The van der Waals surface area contributed by atoms with Crippen molar-refractivity contribution < 1.29 is 18.3 Å². The Hall–Kier alpha value is -0.670. The van der Waals surface area contributed by atoms with Crippen molar-refractivity contribution in [1.29, 1.82) is 0 Å². The summed E-state index contributed by atoms with van der Waals surface area (Å²) < 4.78 is 33.6. The average molecular weight is 354 g/mol. The zero-order chi connectivity index (χ0) is 18.0. The zero-order valence-electron chi connectivity index (χ0n) is 15.8. The maximum Gasteiger partial charge on any atom is 0.302 e. The van der Waals surface area contributed by atoms with Crippen LogP contribution in [0.15, 0.2) is 0 Å². The Balaban J connectivity index is 1.57. The van der Waals surface area contributed by atoms with Crippen molar-refractivity contribution in [2.24, 2.45) is 34.5 Å². The third kappa shape index (κ3) is 2.65. The number of hydrogen-bond donors (Lipinski definition) is 0. The van der Waals surface area contributed by atoms with Gasteiger partial charge in [-0.2, -0.15) is 0 Å². The number of alkyl halides is 2. The van der Waals surface area contributed by atoms with Crippen LogP contribution in [0, 0.1) is 34.5 Å². The molecule has 0 radical (unpaired) electrons. The molecule has 0 unspecified atom stereocenters. The van der Waals surface area contributed by atoms with E-state index in [0.29, 0.717) is 24.2 Å². The second kappa shape index (κ2) is 5.66. The summed E-state index contributed by atoms with van der Waals surface area (Å²) in [6, 6.07) is 0. The molecular weight excluding hydrogens is 322 g/mol. The van der Waals surface area contributed by atoms with E-state index in [9.17, 15) is 13.6 Å². The van der Waals surface area contributed by atoms with Crippen LogP contribution in [-0.2, 0) is 9.53 Å². The lowest BCUT2D eigenvalue weighted by atomic mass is 9.45. The summed E-state index contributed by atoms with van der Waals surface area (Å²) in [6.07, 6.45) is 7.26. The van der Waals surface area contributed by atoms with Gasteiger partial charge in [0.1, 0.15) is 6.10 Å². The third-order valence-corrected chi connectivity index (χ3v) is 8.86. The number of ether oxygens (including phenoxy) is 1. The smallest absolute Gasteiger partial charge is 0.302 e. The van der Waals surface area contributed by atoms with Crippen LogP contribution in [0.1, 0.15) is 78.6 Å². The molecule has 0 N–H and O–H groups in total. The van der Waals surface area contributed by atoms with Crippen molar-refractivity contribution >= 4 is 5.97 Å². The second-order valence-corrected chi connectivity index (χ2v) is 9.94. The Labute approximate surface area is 150 Å². The van der Waals surface area contributed by atoms with E-state index in [1.807, 2.05) is 0 Å². The first kappa shape index (κ1) is 17.7. The van der Waals surface area contributed by atoms with Crippen molar-refractivity contribution in [3.05, 3.63) is 0 Å². The molecule has 0 bridgehead atoms. The standard InChI is InChI=1S/C21H32F2O2/c1-13(24)25-18-7-6-16-15-5-4-14-12-21(22,23)11-10-19(14,2)17(15)8-9-20(16,18)3/h14-18H,4-12H2,1-3H3/t14-,15-,16-,17-,18+,19-,20-/m0/s1. The van der Waals surface area contributed by atoms with Gasteiger partial charge in [-0.3, -0.25) is 4.79 Å². The molecule has 4 aliphatic carbocycles. The van der Waals surface area contributed by atoms with Crippen LogP contribution in [0.5, 0.6) is 0 Å². The highest BCUT2D eigenvalue weighted by molar-refractivity contribution is 5.66. The van der Waals surface area contributed by atoms with Crippen LogP contribution in [0.2, 0.25) is 0 Å². The molecule has 4 saturated carbocycles. The molecule has 7 atom stereocenters. The van der Waals surface area contributed by atoms with Gasteiger partial charge in [0.15, 0.2) is 0 Å². The van der Waals surface area contributed by atoms with E-state index in [2.05, 4.69) is 13.8 Å². The Morgan fingerprint density at radius 1 is 0.920 bits per heavy atom. The Kier molecular flexibility index (Phi) is 4.01. The summed E-state index contributed by atoms with van der Waals surface area (Å²) >= 11 is 0. The van der Waals surface area contributed by atoms with E-state index in [1.165, 1.54) is 6.92 Å². The Bertz CT molecular complexity index is 562. The fraction of sp³-hybridized carbons (Fsp3) is 0.952. The lowest BCUT2D eigenvalue weighted by molar-refractivity contribution is -0.174. The van der Waals surface area contributed by atoms with Crippen LogP contribution in [0.4, 0.5) is 8.78 Å². The van der Waals surface area contributed by atoms with Gasteiger partial charge in [-0.1, -0.05) is 13.8 Å². The van der Waals surface area contributed by atoms with E-state index < -0.39 is 5.92 Å². The molecule has 0 heterocycles. The average Bonchev–Trinajstić information content (AvgIpc) is 2.84. The number of carbonyl (C=O) groups excluding carboxylic acids is 1. The van der Waals surface area contributed by atoms with Gasteiger partial charge in [0.25, 0.3) is 0 Å². The Morgan fingerprint density at radius 3 is 2.36 bits per heavy atom. The SMILES string of the molecule is CC(=O)O[C@@H]1CC[C@H]2[C@@H]3CC[C@H]4CC(F)(F)CC[C@]4(C)[C@H]3CC[C@]12C. The lowest BCUT2D eigenvalue weighted by Gasteiger charge is -2.60. The molecule has 142 valence electrons. The number of halogens is 2. The van der Waals surface area contributed by atoms with Gasteiger partial charge in [0.05, 0.1) is 0 Å². The van der Waals surface area contributed by atoms with E-state index in [0.717, 1.165) is 38.5 Å². The number of esters is 1. The minimum atomic E-state index is -2.45. The molecule has 0 spiro atoms. The van der Waals surface area contributed by atoms with Crippen molar-refractivity contribution in [3.8, 4) is 0 Å². The molecule has 0 aromatic heterocycles. The van der Waals surface area contributed by atoms with E-state index in [4.69, 9.17) is 4.74 Å². The number of fused-ring (bicyclic) bond motifs is 5. The first-order valence-electron chi connectivity index (χ1n) is 10.2. The van der Waals surface area contributed by atoms with Crippen LogP contribution in [0.25, 0.3) is 0 Å². The highest BCUT2D eigenvalue weighted by Crippen LogP contribution is 2.67. The van der Waals surface area contributed by atoms with Gasteiger partial charge in [0.2, 0.25) is 5.92 Å². The molecule has 0 aromatic carbocycles. The van der Waals surface area contributed by atoms with Crippen molar-refractivity contribution in [3.63, 3.8) is 0 Å². The molecule has 0 aromatic rings. The van der Waals surface area contributed by atoms with Gasteiger partial charge in [-0.05, 0) is 74.0 Å². The molecule has 4 heteroatoms. The van der Waals surface area contributed by atoms with Gasteiger partial charge < -0.3 is 4.74 Å². The van der Waals surface area contributed by atoms with E-state index in [1.54, 1.807) is 0 Å². The zero-order valence-corrected chi connectivity index (χ0v) is 15.8. The number of hydrogen-bond acceptors (Lipinski definition) is 2. The number of rotatable bonds is 1. The molecule has 4 aliphatic rings. The predicted octanol–water partition coefficient (Wildman–Crippen LogP) is 5.60. The quantitative estimate of drug-likeness (QED) is 0.573. The molecular formula is C21H32F2O2. The van der Waals surface area contributed by atoms with Gasteiger partial charge in [-0.15, -0.1) is 0 Å². The molecule has 2 nitrogen and oxygen atoms in total. The normalized spacial score (nSPS) is 51.2. The highest BCUT2D eigenvalue weighted by atomic mass is 19.3. The fourth-order valence-electron chi connectivity index (χ4n) is 7.52. The summed E-state index contributed by atoms with van der Waals surface area (Å²) in [5, 5.41) is 0. The van der Waals surface area contributed by atoms with Crippen molar-refractivity contribution in [1.82, 2.24) is 0 Å². The van der Waals surface area contributed by atoms with Crippen LogP contribution in [-0.4, -0.2) is 18.0 Å². The Morgan fingerprint density at radius 2 is 1.64 bits per heavy atom. The molecule has 25 heavy (non-hydrogen) atoms. The summed E-state index contributed by atoms with van der Waals surface area (Å²) in [5.41, 5.74) is 0.181. The minimum absolute atomic E-state index is 0.0529.